The highest BCUT2D eigenvalue weighted by Gasteiger charge is 2.34. The van der Waals surface area contributed by atoms with Gasteiger partial charge in [0.25, 0.3) is 0 Å². The van der Waals surface area contributed by atoms with Crippen LogP contribution in [0.25, 0.3) is 0 Å². The van der Waals surface area contributed by atoms with Crippen LogP contribution in [-0.2, 0) is 6.54 Å². The van der Waals surface area contributed by atoms with Crippen molar-refractivity contribution in [2.45, 2.75) is 44.2 Å². The highest BCUT2D eigenvalue weighted by atomic mass is 16.5. The van der Waals surface area contributed by atoms with Crippen molar-refractivity contribution in [2.24, 2.45) is 0 Å². The number of hydrogen-bond donors (Lipinski definition) is 0. The number of nitrogens with zero attached hydrogens (tertiary/aromatic N) is 4. The molecule has 1 saturated carbocycles. The van der Waals surface area contributed by atoms with Crippen molar-refractivity contribution in [3.05, 3.63) is 29.7 Å². The van der Waals surface area contributed by atoms with E-state index in [4.69, 9.17) is 9.05 Å². The van der Waals surface area contributed by atoms with E-state index in [-0.39, 0.29) is 6.04 Å². The number of likely N-dealkylation sites (tertiary alicyclic amines) is 1. The Morgan fingerprint density at radius 3 is 3.00 bits per heavy atom. The Labute approximate surface area is 110 Å². The molecule has 1 atom stereocenters. The van der Waals surface area contributed by atoms with Gasteiger partial charge in [-0.15, -0.1) is 0 Å². The van der Waals surface area contributed by atoms with Crippen molar-refractivity contribution < 1.29 is 9.05 Å². The second kappa shape index (κ2) is 4.45. The largest absolute Gasteiger partial charge is 0.360 e. The Morgan fingerprint density at radius 1 is 1.26 bits per heavy atom. The summed E-state index contributed by atoms with van der Waals surface area (Å²) in [5.74, 6) is 3.06. The van der Waals surface area contributed by atoms with Crippen molar-refractivity contribution in [3.8, 4) is 0 Å². The van der Waals surface area contributed by atoms with Crippen molar-refractivity contribution in [3.63, 3.8) is 0 Å². The molecule has 0 amide bonds. The fourth-order valence-electron chi connectivity index (χ4n) is 2.71. The third-order valence-corrected chi connectivity index (χ3v) is 3.90. The fraction of sp³-hybridized carbons (Fsp3) is 0.615. The first-order valence-corrected chi connectivity index (χ1v) is 6.87. The molecule has 6 nitrogen and oxygen atoms in total. The molecule has 2 aliphatic rings. The molecule has 100 valence electrons. The van der Waals surface area contributed by atoms with Crippen molar-refractivity contribution >= 4 is 0 Å². The van der Waals surface area contributed by atoms with Crippen LogP contribution in [0.3, 0.4) is 0 Å². The molecule has 6 heteroatoms. The Balaban J connectivity index is 1.51. The van der Waals surface area contributed by atoms with Crippen LogP contribution in [0.1, 0.15) is 55.1 Å². The first-order valence-electron chi connectivity index (χ1n) is 6.87. The number of hydrogen-bond acceptors (Lipinski definition) is 6. The molecular formula is C13H16N4O2. The second-order valence-corrected chi connectivity index (χ2v) is 5.37. The van der Waals surface area contributed by atoms with E-state index in [2.05, 4.69) is 20.2 Å². The molecule has 3 heterocycles. The standard InChI is InChI=1S/C13H16N4O2/c1-2-11(12-15-13(19-16-12)9-3-4-9)17(7-1)8-10-5-6-14-18-10/h5-6,9,11H,1-4,7-8H2/t11-/m0/s1. The van der Waals surface area contributed by atoms with Crippen molar-refractivity contribution in [1.29, 1.82) is 0 Å². The van der Waals surface area contributed by atoms with E-state index in [1.807, 2.05) is 6.07 Å². The molecule has 2 fully saturated rings. The summed E-state index contributed by atoms with van der Waals surface area (Å²) < 4.78 is 10.5. The van der Waals surface area contributed by atoms with E-state index in [9.17, 15) is 0 Å². The Hall–Kier alpha value is -1.69. The van der Waals surface area contributed by atoms with Gasteiger partial charge < -0.3 is 9.05 Å². The van der Waals surface area contributed by atoms with Crippen molar-refractivity contribution in [1.82, 2.24) is 20.2 Å². The molecule has 0 radical (unpaired) electrons. The third-order valence-electron chi connectivity index (χ3n) is 3.90. The fourth-order valence-corrected chi connectivity index (χ4v) is 2.71. The van der Waals surface area contributed by atoms with Crippen LogP contribution in [0.5, 0.6) is 0 Å². The summed E-state index contributed by atoms with van der Waals surface area (Å²) >= 11 is 0. The van der Waals surface area contributed by atoms with Gasteiger partial charge in [-0.1, -0.05) is 10.3 Å². The maximum Gasteiger partial charge on any atom is 0.229 e. The predicted molar refractivity (Wildman–Crippen MR) is 65.2 cm³/mol. The van der Waals surface area contributed by atoms with Gasteiger partial charge in [-0.2, -0.15) is 4.98 Å². The van der Waals surface area contributed by atoms with Gasteiger partial charge >= 0.3 is 0 Å². The molecule has 0 bridgehead atoms. The lowest BCUT2D eigenvalue weighted by Gasteiger charge is -2.19. The van der Waals surface area contributed by atoms with E-state index in [1.165, 1.54) is 12.8 Å². The smallest absolute Gasteiger partial charge is 0.229 e. The second-order valence-electron chi connectivity index (χ2n) is 5.37. The minimum atomic E-state index is 0.251. The van der Waals surface area contributed by atoms with Crippen LogP contribution in [-0.4, -0.2) is 26.7 Å². The average molecular weight is 260 g/mol. The summed E-state index contributed by atoms with van der Waals surface area (Å²) in [6.07, 6.45) is 6.30. The SMILES string of the molecule is c1cc(CN2CCC[C@H]2c2noc(C3CC3)n2)on1. The van der Waals surface area contributed by atoms with Gasteiger partial charge in [0.1, 0.15) is 0 Å². The molecule has 0 unspecified atom stereocenters. The van der Waals surface area contributed by atoms with E-state index in [0.717, 1.165) is 43.4 Å². The summed E-state index contributed by atoms with van der Waals surface area (Å²) in [5.41, 5.74) is 0. The first kappa shape index (κ1) is 11.2. The molecule has 2 aromatic rings. The van der Waals surface area contributed by atoms with Gasteiger partial charge in [0, 0.05) is 12.0 Å². The lowest BCUT2D eigenvalue weighted by atomic mass is 10.2. The normalized spacial score (nSPS) is 24.1. The molecule has 1 aliphatic heterocycles. The molecule has 2 aromatic heterocycles. The van der Waals surface area contributed by atoms with Crippen LogP contribution in [0.2, 0.25) is 0 Å². The zero-order chi connectivity index (χ0) is 12.7. The first-order chi connectivity index (χ1) is 9.40. The van der Waals surface area contributed by atoms with Gasteiger partial charge in [-0.05, 0) is 32.2 Å². The summed E-state index contributed by atoms with van der Waals surface area (Å²) in [7, 11) is 0. The number of rotatable bonds is 4. The lowest BCUT2D eigenvalue weighted by Crippen LogP contribution is -2.23. The van der Waals surface area contributed by atoms with Crippen molar-refractivity contribution in [2.75, 3.05) is 6.54 Å². The van der Waals surface area contributed by atoms with Gasteiger partial charge in [-0.3, -0.25) is 4.90 Å². The van der Waals surface area contributed by atoms with Gasteiger partial charge in [-0.25, -0.2) is 0 Å². The zero-order valence-electron chi connectivity index (χ0n) is 10.7. The van der Waals surface area contributed by atoms with E-state index >= 15 is 0 Å². The summed E-state index contributed by atoms with van der Waals surface area (Å²) in [4.78, 5) is 6.90. The van der Waals surface area contributed by atoms with Gasteiger partial charge in [0.15, 0.2) is 11.6 Å². The highest BCUT2D eigenvalue weighted by Crippen LogP contribution is 2.40. The van der Waals surface area contributed by atoms with Crippen LogP contribution >= 0.6 is 0 Å². The zero-order valence-corrected chi connectivity index (χ0v) is 10.7. The molecule has 0 N–H and O–H groups in total. The Bertz CT molecular complexity index is 547. The molecule has 1 aliphatic carbocycles. The maximum absolute atomic E-state index is 5.36. The number of aromatic nitrogens is 3. The topological polar surface area (TPSA) is 68.2 Å². The molecule has 4 rings (SSSR count). The summed E-state index contributed by atoms with van der Waals surface area (Å²) in [6, 6.07) is 2.16. The van der Waals surface area contributed by atoms with Gasteiger partial charge in [0.05, 0.1) is 18.8 Å². The molecule has 0 spiro atoms. The van der Waals surface area contributed by atoms with Crippen LogP contribution in [0, 0.1) is 0 Å². The molecule has 0 aromatic carbocycles. The van der Waals surface area contributed by atoms with Gasteiger partial charge in [0.2, 0.25) is 5.89 Å². The van der Waals surface area contributed by atoms with E-state index in [0.29, 0.717) is 5.92 Å². The quantitative estimate of drug-likeness (QED) is 0.840. The van der Waals surface area contributed by atoms with Crippen LogP contribution in [0.4, 0.5) is 0 Å². The Morgan fingerprint density at radius 2 is 2.21 bits per heavy atom. The average Bonchev–Trinajstić information content (AvgIpc) is 2.89. The summed E-state index contributed by atoms with van der Waals surface area (Å²) in [5, 5.41) is 7.91. The minimum Gasteiger partial charge on any atom is -0.360 e. The minimum absolute atomic E-state index is 0.251. The molecule has 1 saturated heterocycles. The monoisotopic (exact) mass is 260 g/mol. The highest BCUT2D eigenvalue weighted by molar-refractivity contribution is 5.06. The summed E-state index contributed by atoms with van der Waals surface area (Å²) in [6.45, 7) is 1.80. The van der Waals surface area contributed by atoms with Crippen LogP contribution in [0.15, 0.2) is 21.3 Å². The van der Waals surface area contributed by atoms with E-state index in [1.54, 1.807) is 6.20 Å². The predicted octanol–water partition coefficient (Wildman–Crippen LogP) is 2.27. The Kier molecular flexibility index (Phi) is 2.61. The van der Waals surface area contributed by atoms with E-state index < -0.39 is 0 Å². The lowest BCUT2D eigenvalue weighted by molar-refractivity contribution is 0.207. The maximum atomic E-state index is 5.36. The third kappa shape index (κ3) is 2.16. The molecule has 19 heavy (non-hydrogen) atoms. The molecular weight excluding hydrogens is 244 g/mol. The van der Waals surface area contributed by atoms with Crippen LogP contribution < -0.4 is 0 Å².